The number of benzene rings is 1. The van der Waals surface area contributed by atoms with E-state index in [-0.39, 0.29) is 11.6 Å². The largest absolute Gasteiger partial charge is 0.449 e. The number of carbonyl (C=O) groups is 2. The Balaban J connectivity index is 1.98. The van der Waals surface area contributed by atoms with Crippen molar-refractivity contribution in [2.75, 3.05) is 5.32 Å². The van der Waals surface area contributed by atoms with E-state index < -0.39 is 23.8 Å². The Morgan fingerprint density at radius 3 is 2.43 bits per heavy atom. The molecule has 0 aliphatic heterocycles. The number of anilines is 1. The fraction of sp³-hybridized carbons (Fsp3) is 0.312. The summed E-state index contributed by atoms with van der Waals surface area (Å²) in [7, 11) is 0. The van der Waals surface area contributed by atoms with Crippen molar-refractivity contribution in [2.45, 2.75) is 32.9 Å². The number of ether oxygens (including phenoxy) is 1. The quantitative estimate of drug-likeness (QED) is 0.860. The Morgan fingerprint density at radius 1 is 1.17 bits per heavy atom. The molecule has 7 heteroatoms. The van der Waals surface area contributed by atoms with Gasteiger partial charge in [-0.1, -0.05) is 0 Å². The van der Waals surface area contributed by atoms with E-state index in [4.69, 9.17) is 4.74 Å². The molecule has 1 atom stereocenters. The van der Waals surface area contributed by atoms with Gasteiger partial charge < -0.3 is 10.1 Å². The van der Waals surface area contributed by atoms with Gasteiger partial charge in [0.05, 0.1) is 11.8 Å². The molecule has 23 heavy (non-hydrogen) atoms. The van der Waals surface area contributed by atoms with E-state index in [0.29, 0.717) is 5.82 Å². The maximum Gasteiger partial charge on any atom is 0.338 e. The SMILES string of the molecule is CC(C)n1nccc1NC(=O)[C@H](C)OC(=O)c1ccc(F)cc1. The maximum absolute atomic E-state index is 12.8. The third kappa shape index (κ3) is 4.15. The highest BCUT2D eigenvalue weighted by Crippen LogP contribution is 2.14. The molecule has 122 valence electrons. The molecule has 0 fully saturated rings. The van der Waals surface area contributed by atoms with Crippen molar-refractivity contribution in [1.29, 1.82) is 0 Å². The molecule has 0 unspecified atom stereocenters. The molecule has 1 heterocycles. The molecule has 1 aromatic heterocycles. The van der Waals surface area contributed by atoms with Gasteiger partial charge in [0, 0.05) is 12.1 Å². The molecule has 0 spiro atoms. The summed E-state index contributed by atoms with van der Waals surface area (Å²) in [5.41, 5.74) is 0.179. The van der Waals surface area contributed by atoms with E-state index >= 15 is 0 Å². The minimum Gasteiger partial charge on any atom is -0.449 e. The number of amides is 1. The van der Waals surface area contributed by atoms with Gasteiger partial charge in [-0.2, -0.15) is 5.10 Å². The summed E-state index contributed by atoms with van der Waals surface area (Å²) in [6, 6.07) is 6.65. The lowest BCUT2D eigenvalue weighted by Gasteiger charge is -2.15. The van der Waals surface area contributed by atoms with E-state index in [9.17, 15) is 14.0 Å². The van der Waals surface area contributed by atoms with Crippen LogP contribution in [0.25, 0.3) is 0 Å². The van der Waals surface area contributed by atoms with Crippen molar-refractivity contribution in [3.05, 3.63) is 47.9 Å². The molecular formula is C16H18FN3O3. The lowest BCUT2D eigenvalue weighted by atomic mass is 10.2. The minimum atomic E-state index is -0.997. The van der Waals surface area contributed by atoms with Gasteiger partial charge in [-0.3, -0.25) is 4.79 Å². The fourth-order valence-corrected chi connectivity index (χ4v) is 1.92. The highest BCUT2D eigenvalue weighted by molar-refractivity contribution is 5.96. The highest BCUT2D eigenvalue weighted by atomic mass is 19.1. The van der Waals surface area contributed by atoms with Crippen molar-refractivity contribution in [1.82, 2.24) is 9.78 Å². The topological polar surface area (TPSA) is 73.2 Å². The summed E-state index contributed by atoms with van der Waals surface area (Å²) in [6.07, 6.45) is 0.577. The second-order valence-electron chi connectivity index (χ2n) is 5.30. The number of nitrogens with one attached hydrogen (secondary N) is 1. The summed E-state index contributed by atoms with van der Waals surface area (Å²) in [4.78, 5) is 24.0. The molecule has 6 nitrogen and oxygen atoms in total. The average Bonchev–Trinajstić information content (AvgIpc) is 2.96. The van der Waals surface area contributed by atoms with E-state index in [2.05, 4.69) is 10.4 Å². The predicted molar refractivity (Wildman–Crippen MR) is 82.5 cm³/mol. The molecule has 0 aliphatic carbocycles. The second kappa shape index (κ2) is 7.04. The molecule has 0 saturated heterocycles. The Hall–Kier alpha value is -2.70. The predicted octanol–water partition coefficient (Wildman–Crippen LogP) is 2.79. The van der Waals surface area contributed by atoms with Crippen LogP contribution in [0.5, 0.6) is 0 Å². The van der Waals surface area contributed by atoms with Crippen molar-refractivity contribution in [3.63, 3.8) is 0 Å². The van der Waals surface area contributed by atoms with Crippen LogP contribution in [0.4, 0.5) is 10.2 Å². The zero-order valence-electron chi connectivity index (χ0n) is 13.1. The first-order valence-corrected chi connectivity index (χ1v) is 7.19. The molecule has 1 aromatic carbocycles. The Bertz CT molecular complexity index is 695. The van der Waals surface area contributed by atoms with E-state index in [1.807, 2.05) is 13.8 Å². The number of nitrogens with zero attached hydrogens (tertiary/aromatic N) is 2. The molecule has 0 aliphatic rings. The molecule has 0 bridgehead atoms. The third-order valence-electron chi connectivity index (χ3n) is 3.14. The fourth-order valence-electron chi connectivity index (χ4n) is 1.92. The van der Waals surface area contributed by atoms with E-state index in [0.717, 1.165) is 12.1 Å². The van der Waals surface area contributed by atoms with E-state index in [1.165, 1.54) is 19.1 Å². The molecule has 0 radical (unpaired) electrons. The normalized spacial score (nSPS) is 12.0. The van der Waals surface area contributed by atoms with Gasteiger partial charge in [-0.05, 0) is 45.0 Å². The Labute approximate surface area is 133 Å². The summed E-state index contributed by atoms with van der Waals surface area (Å²) < 4.78 is 19.6. The van der Waals surface area contributed by atoms with Gasteiger partial charge >= 0.3 is 5.97 Å². The lowest BCUT2D eigenvalue weighted by molar-refractivity contribution is -0.123. The standard InChI is InChI=1S/C16H18FN3O3/c1-10(2)20-14(8-9-18-20)19-15(21)11(3)23-16(22)12-4-6-13(17)7-5-12/h4-11H,1-3H3,(H,19,21)/t11-/m0/s1. The average molecular weight is 319 g/mol. The number of hydrogen-bond acceptors (Lipinski definition) is 4. The first-order chi connectivity index (χ1) is 10.9. The second-order valence-corrected chi connectivity index (χ2v) is 5.30. The summed E-state index contributed by atoms with van der Waals surface area (Å²) in [5, 5.41) is 6.77. The van der Waals surface area contributed by atoms with Gasteiger partial charge in [0.15, 0.2) is 6.10 Å². The summed E-state index contributed by atoms with van der Waals surface area (Å²) >= 11 is 0. The van der Waals surface area contributed by atoms with Crippen LogP contribution in [-0.4, -0.2) is 27.8 Å². The number of hydrogen-bond donors (Lipinski definition) is 1. The zero-order valence-corrected chi connectivity index (χ0v) is 13.1. The minimum absolute atomic E-state index is 0.0809. The molecule has 2 rings (SSSR count). The Morgan fingerprint density at radius 2 is 1.83 bits per heavy atom. The van der Waals surface area contributed by atoms with Crippen LogP contribution in [0.1, 0.15) is 37.2 Å². The zero-order chi connectivity index (χ0) is 17.0. The number of aromatic nitrogens is 2. The number of rotatable bonds is 5. The van der Waals surface area contributed by atoms with Crippen molar-refractivity contribution >= 4 is 17.7 Å². The lowest BCUT2D eigenvalue weighted by Crippen LogP contribution is -2.31. The van der Waals surface area contributed by atoms with Gasteiger partial charge in [-0.25, -0.2) is 13.9 Å². The molecule has 2 aromatic rings. The molecular weight excluding hydrogens is 301 g/mol. The smallest absolute Gasteiger partial charge is 0.338 e. The molecule has 0 saturated carbocycles. The molecule has 1 N–H and O–H groups in total. The Kier molecular flexibility index (Phi) is 5.10. The van der Waals surface area contributed by atoms with Gasteiger partial charge in [-0.15, -0.1) is 0 Å². The van der Waals surface area contributed by atoms with Crippen molar-refractivity contribution in [3.8, 4) is 0 Å². The first kappa shape index (κ1) is 16.7. The number of esters is 1. The number of carbonyl (C=O) groups excluding carboxylic acids is 2. The van der Waals surface area contributed by atoms with Crippen LogP contribution in [0.2, 0.25) is 0 Å². The van der Waals surface area contributed by atoms with Crippen LogP contribution >= 0.6 is 0 Å². The highest BCUT2D eigenvalue weighted by Gasteiger charge is 2.20. The monoisotopic (exact) mass is 319 g/mol. The summed E-state index contributed by atoms with van der Waals surface area (Å²) in [5.74, 6) is -1.09. The van der Waals surface area contributed by atoms with Crippen LogP contribution in [0.3, 0.4) is 0 Å². The van der Waals surface area contributed by atoms with Crippen LogP contribution < -0.4 is 5.32 Å². The maximum atomic E-state index is 12.8. The van der Waals surface area contributed by atoms with Crippen molar-refractivity contribution < 1.29 is 18.7 Å². The number of halogens is 1. The third-order valence-corrected chi connectivity index (χ3v) is 3.14. The van der Waals surface area contributed by atoms with Crippen LogP contribution in [-0.2, 0) is 9.53 Å². The summed E-state index contributed by atoms with van der Waals surface area (Å²) in [6.45, 7) is 5.33. The van der Waals surface area contributed by atoms with Crippen LogP contribution in [0, 0.1) is 5.82 Å². The van der Waals surface area contributed by atoms with E-state index in [1.54, 1.807) is 16.9 Å². The van der Waals surface area contributed by atoms with Gasteiger partial charge in [0.2, 0.25) is 0 Å². The van der Waals surface area contributed by atoms with Crippen LogP contribution in [0.15, 0.2) is 36.5 Å². The van der Waals surface area contributed by atoms with Gasteiger partial charge in [0.25, 0.3) is 5.91 Å². The molecule has 1 amide bonds. The first-order valence-electron chi connectivity index (χ1n) is 7.19. The van der Waals surface area contributed by atoms with Gasteiger partial charge in [0.1, 0.15) is 11.6 Å². The van der Waals surface area contributed by atoms with Crippen molar-refractivity contribution in [2.24, 2.45) is 0 Å².